The number of aliphatic hydroxyl groups is 1. The molecule has 1 saturated heterocycles. The number of fused-ring (bicyclic) bond motifs is 5. The minimum absolute atomic E-state index is 0.0130. The zero-order valence-electron chi connectivity index (χ0n) is 49.0. The molecule has 29 nitrogen and oxygen atoms in total. The molecule has 6 heterocycles. The summed E-state index contributed by atoms with van der Waals surface area (Å²) in [4.78, 5) is 76.9. The normalized spacial score (nSPS) is 19.9. The molecule has 0 radical (unpaired) electrons. The molecule has 0 bridgehead atoms. The number of benzene rings is 3. The highest BCUT2D eigenvalue weighted by Crippen LogP contribution is 2.66. The van der Waals surface area contributed by atoms with Crippen molar-refractivity contribution in [2.24, 2.45) is 0 Å². The average Bonchev–Trinajstić information content (AvgIpc) is 1.28. The number of nitrogens with zero attached hydrogens (tertiary/aromatic N) is 6. The third kappa shape index (κ3) is 15.0. The number of phosphoric ester groups is 1. The monoisotopic (exact) mass is 1330 g/mol. The van der Waals surface area contributed by atoms with Crippen LogP contribution in [0.2, 0.25) is 0 Å². The molecule has 4 aliphatic heterocycles. The molecule has 9 rings (SSSR count). The van der Waals surface area contributed by atoms with Crippen LogP contribution in [0.4, 0.5) is 11.5 Å². The number of aromatic nitrogens is 3. The molecule has 478 valence electrons. The molecule has 4 aliphatic rings. The first kappa shape index (κ1) is 66.9. The third-order valence-corrected chi connectivity index (χ3v) is 20.4. The summed E-state index contributed by atoms with van der Waals surface area (Å²) in [6.45, 7) is 11.7. The number of anilines is 2. The van der Waals surface area contributed by atoms with E-state index in [1.807, 2.05) is 53.7 Å². The molecular weight excluding hydrogens is 1270 g/mol. The largest absolute Gasteiger partial charge is 0.490 e. The Labute approximate surface area is 511 Å². The van der Waals surface area contributed by atoms with Crippen LogP contribution >= 0.6 is 23.5 Å². The lowest BCUT2D eigenvalue weighted by Crippen LogP contribution is -2.50. The van der Waals surface area contributed by atoms with Gasteiger partial charge in [-0.2, -0.15) is 25.5 Å². The van der Waals surface area contributed by atoms with Gasteiger partial charge in [0.25, 0.3) is 26.1 Å². The summed E-state index contributed by atoms with van der Waals surface area (Å²) < 4.78 is 134. The van der Waals surface area contributed by atoms with Crippen molar-refractivity contribution in [3.05, 3.63) is 117 Å². The summed E-state index contributed by atoms with van der Waals surface area (Å²) in [6, 6.07) is 14.0. The summed E-state index contributed by atoms with van der Waals surface area (Å²) in [5, 5.41) is 14.9. The maximum atomic E-state index is 14.9. The van der Waals surface area contributed by atoms with Gasteiger partial charge in [0.1, 0.15) is 59.7 Å². The Morgan fingerprint density at radius 3 is 2.25 bits per heavy atom. The lowest BCUT2D eigenvalue weighted by molar-refractivity contribution is -0.121. The van der Waals surface area contributed by atoms with Crippen LogP contribution in [-0.2, 0) is 56.6 Å². The van der Waals surface area contributed by atoms with Crippen LogP contribution in [-0.4, -0.2) is 156 Å². The topological polar surface area (TPSA) is 420 Å². The number of hydrogen-bond donors (Lipinski definition) is 9. The van der Waals surface area contributed by atoms with Crippen LogP contribution in [0, 0.1) is 11.8 Å². The van der Waals surface area contributed by atoms with Crippen molar-refractivity contribution in [1.82, 2.24) is 29.3 Å². The zero-order chi connectivity index (χ0) is 65.1. The molecule has 1 fully saturated rings. The van der Waals surface area contributed by atoms with Gasteiger partial charge in [0, 0.05) is 92.3 Å². The van der Waals surface area contributed by atoms with Crippen LogP contribution in [0.3, 0.4) is 0 Å². The highest BCUT2D eigenvalue weighted by Gasteiger charge is 2.44. The first-order valence-corrected chi connectivity index (χ1v) is 35.3. The van der Waals surface area contributed by atoms with Crippen LogP contribution < -0.4 is 35.8 Å². The summed E-state index contributed by atoms with van der Waals surface area (Å²) >= 11 is 0. The second kappa shape index (κ2) is 24.9. The van der Waals surface area contributed by atoms with Crippen LogP contribution in [0.25, 0.3) is 27.8 Å². The fourth-order valence-corrected chi connectivity index (χ4v) is 16.1. The zero-order valence-corrected chi connectivity index (χ0v) is 53.3. The van der Waals surface area contributed by atoms with Gasteiger partial charge in [-0.1, -0.05) is 36.1 Å². The van der Waals surface area contributed by atoms with E-state index in [1.165, 1.54) is 15.7 Å². The number of rotatable bonds is 21. The fraction of sp³-hybridized carbons (Fsp3) is 0.400. The molecule has 5 atom stereocenters. The van der Waals surface area contributed by atoms with Gasteiger partial charge in [0.2, 0.25) is 11.3 Å². The molecule has 34 heteroatoms. The van der Waals surface area contributed by atoms with Crippen LogP contribution in [0.15, 0.2) is 73.2 Å². The van der Waals surface area contributed by atoms with Gasteiger partial charge in [-0.05, 0) is 75.1 Å². The van der Waals surface area contributed by atoms with Gasteiger partial charge in [-0.3, -0.25) is 23.2 Å². The lowest BCUT2D eigenvalue weighted by atomic mass is 9.83. The quantitative estimate of drug-likeness (QED) is 0.0214. The van der Waals surface area contributed by atoms with Crippen LogP contribution in [0.1, 0.15) is 105 Å². The van der Waals surface area contributed by atoms with Gasteiger partial charge >= 0.3 is 23.5 Å². The van der Waals surface area contributed by atoms with Gasteiger partial charge in [0.15, 0.2) is 5.54 Å². The number of carbonyl (C=O) groups is 2. The second-order valence-electron chi connectivity index (χ2n) is 22.5. The van der Waals surface area contributed by atoms with Crippen molar-refractivity contribution < 1.29 is 96.5 Å². The minimum atomic E-state index is -5.80. The average molecular weight is 1330 g/mol. The number of aliphatic hydroxyl groups excluding tert-OH is 1. The van der Waals surface area contributed by atoms with Crippen molar-refractivity contribution in [2.45, 2.75) is 90.3 Å². The van der Waals surface area contributed by atoms with Gasteiger partial charge in [-0.15, -0.1) is 0 Å². The van der Waals surface area contributed by atoms with E-state index in [0.717, 1.165) is 6.33 Å². The maximum Gasteiger partial charge on any atom is 0.490 e. The number of nitrogen functional groups attached to an aromatic ring is 1. The van der Waals surface area contributed by atoms with E-state index in [-0.39, 0.29) is 60.3 Å². The Balaban J connectivity index is 0.950. The smallest absolute Gasteiger partial charge is 0.456 e. The molecule has 3 aromatic carbocycles. The van der Waals surface area contributed by atoms with Gasteiger partial charge in [-0.25, -0.2) is 28.2 Å². The molecule has 5 aromatic rings. The number of carbonyl (C=O) groups excluding carboxylic acids is 2. The molecule has 2 amide bonds. The van der Waals surface area contributed by atoms with E-state index in [4.69, 9.17) is 25.0 Å². The molecule has 10 N–H and O–H groups in total. The van der Waals surface area contributed by atoms with E-state index in [1.54, 1.807) is 55.6 Å². The number of ether oxygens (including phenoxy) is 2. The number of nitrogens with one attached hydrogen (secondary N) is 1. The fourth-order valence-electron chi connectivity index (χ4n) is 11.8. The lowest BCUT2D eigenvalue weighted by Gasteiger charge is -2.43. The first-order chi connectivity index (χ1) is 41.4. The number of amides is 2. The van der Waals surface area contributed by atoms with E-state index in [2.05, 4.69) is 49.7 Å². The van der Waals surface area contributed by atoms with Crippen molar-refractivity contribution in [3.8, 4) is 23.3 Å². The molecule has 0 saturated carbocycles. The Kier molecular flexibility index (Phi) is 18.7. The molecule has 89 heavy (non-hydrogen) atoms. The second-order valence-corrected chi connectivity index (χ2v) is 29.8. The van der Waals surface area contributed by atoms with Crippen molar-refractivity contribution in [3.63, 3.8) is 0 Å². The Morgan fingerprint density at radius 1 is 0.899 bits per heavy atom. The summed E-state index contributed by atoms with van der Waals surface area (Å²) in [5.41, 5.74) is 9.18. The van der Waals surface area contributed by atoms with E-state index < -0.39 is 103 Å². The van der Waals surface area contributed by atoms with E-state index >= 15 is 0 Å². The number of phosphoric acid groups is 3. The standard InChI is InChI=1S/C55H65N8O21P3S2/c1-8-62-41-22-44-39(20-37(41)33(25-54(62,3)4)29-88(74,75)76)50(40-21-38-34(30-89(77,78)79)26-55(5,6)63(9-2)42(38)23-45(40)81-44)35-15-10-11-16-36(35)53(66)60(7)19-13-17-47(65)57-18-12-14-32-27-61(52-49(32)51(56)58-31-59-52)48-24-43(64)46(82-48)28-80-86(70,71)84-87(72,73)83-85(67,68)69/h10-11,15-16,20-23,25-27,31,43,46,48,64H,8-9,13,17-19,24,28-30H2,1-7H3,(H8-,56,57,58,59,65,67,68,69,70,71,72,73,74,75,76,77,78,79)/p+1/t43-,46+,48+/m0/s1. The molecule has 0 spiro atoms. The van der Waals surface area contributed by atoms with Crippen molar-refractivity contribution >= 4 is 94.8 Å². The molecule has 2 unspecified atom stereocenters. The Morgan fingerprint density at radius 2 is 1.58 bits per heavy atom. The maximum absolute atomic E-state index is 14.9. The molecule has 2 aromatic heterocycles. The van der Waals surface area contributed by atoms with Crippen molar-refractivity contribution in [2.75, 3.05) is 62.0 Å². The Bertz CT molecular complexity index is 4400. The summed E-state index contributed by atoms with van der Waals surface area (Å²) in [5.74, 6) is 4.29. The third-order valence-electron chi connectivity index (χ3n) is 15.2. The van der Waals surface area contributed by atoms with E-state index in [9.17, 15) is 64.1 Å². The predicted octanol–water partition coefficient (Wildman–Crippen LogP) is 3.84. The van der Waals surface area contributed by atoms with Gasteiger partial charge < -0.3 is 59.6 Å². The molecular formula is C55H66N8O21P3S2+. The number of likely N-dealkylation sites (N-methyl/N-ethyl adjacent to an activating group) is 2. The van der Waals surface area contributed by atoms with Crippen molar-refractivity contribution in [1.29, 1.82) is 0 Å². The van der Waals surface area contributed by atoms with E-state index in [0.29, 0.717) is 79.8 Å². The number of hydrogen-bond acceptors (Lipinski definition) is 19. The summed E-state index contributed by atoms with van der Waals surface area (Å²) in [6.07, 6.45) is 2.48. The first-order valence-electron chi connectivity index (χ1n) is 27.5. The van der Waals surface area contributed by atoms with Crippen LogP contribution in [0.5, 0.6) is 11.5 Å². The SMILES string of the molecule is CCN1c2cc3c(cc2C(CS(=O)(=O)O)=CC1(C)C)C(c1ccccc1C(=O)N(C)CCCC(=O)NCC#Cc1cn([C@H]2C[C@H](O)[C@@H](COP(=O)(O)OP(=O)(O)OP(=O)(O)O)O2)c2ncnc(N)c12)=c1cc2c(cc1O3)=[N+](CC)C(C)(C)C=C2CS(=O)(=O)O. The predicted molar refractivity (Wildman–Crippen MR) is 324 cm³/mol. The van der Waals surface area contributed by atoms with Gasteiger partial charge in [0.05, 0.1) is 47.4 Å². The molecule has 0 aliphatic carbocycles. The Hall–Kier alpha value is -6.52. The highest BCUT2D eigenvalue weighted by molar-refractivity contribution is 7.86. The number of nitrogens with two attached hydrogens (primary N) is 1. The summed E-state index contributed by atoms with van der Waals surface area (Å²) in [7, 11) is -24.5. The highest BCUT2D eigenvalue weighted by atomic mass is 32.2. The minimum Gasteiger partial charge on any atom is -0.456 e.